The molecule has 0 aliphatic heterocycles. The normalized spacial score (nSPS) is 3.00. The second-order valence-electron chi connectivity index (χ2n) is 0.577. The summed E-state index contributed by atoms with van der Waals surface area (Å²) in [5.41, 5.74) is 0. The molecular formula is C3H10AuPRu. The summed E-state index contributed by atoms with van der Waals surface area (Å²) in [6.07, 6.45) is 2.00. The summed E-state index contributed by atoms with van der Waals surface area (Å²) in [5, 5.41) is 0. The molecule has 0 fully saturated rings. The van der Waals surface area contributed by atoms with E-state index in [4.69, 9.17) is 0 Å². The molecule has 0 aromatic heterocycles. The Morgan fingerprint density at radius 2 is 1.17 bits per heavy atom. The topological polar surface area (TPSA) is 0 Å². The molecule has 0 aromatic rings. The van der Waals surface area contributed by atoms with E-state index >= 15 is 0 Å². The van der Waals surface area contributed by atoms with E-state index in [2.05, 4.69) is 0 Å². The zero-order valence-corrected chi connectivity index (χ0v) is 9.26. The molecule has 0 bridgehead atoms. The van der Waals surface area contributed by atoms with Crippen LogP contribution in [0.1, 0.15) is 13.8 Å². The Balaban J connectivity index is -0.00000000667. The van der Waals surface area contributed by atoms with Crippen molar-refractivity contribution in [1.29, 1.82) is 0 Å². The van der Waals surface area contributed by atoms with Gasteiger partial charge in [0.25, 0.3) is 0 Å². The van der Waals surface area contributed by atoms with Crippen molar-refractivity contribution >= 4 is 9.90 Å². The summed E-state index contributed by atoms with van der Waals surface area (Å²) in [5.74, 6) is 0. The summed E-state index contributed by atoms with van der Waals surface area (Å²) in [4.78, 5) is 0. The van der Waals surface area contributed by atoms with Crippen LogP contribution in [0.3, 0.4) is 0 Å². The van der Waals surface area contributed by atoms with Gasteiger partial charge in [0.15, 0.2) is 0 Å². The largest absolute Gasteiger partial charge is 1.00 e. The summed E-state index contributed by atoms with van der Waals surface area (Å²) in [6.45, 7) is 4.00. The number of rotatable bonds is 0. The first-order valence-corrected chi connectivity index (χ1v) is 1.15. The molecule has 0 radical (unpaired) electrons. The fourth-order valence-electron chi connectivity index (χ4n) is 0. The van der Waals surface area contributed by atoms with E-state index in [1.165, 1.54) is 0 Å². The Morgan fingerprint density at radius 3 is 1.17 bits per heavy atom. The van der Waals surface area contributed by atoms with E-state index in [0.29, 0.717) is 0 Å². The van der Waals surface area contributed by atoms with Gasteiger partial charge in [0, 0.05) is 19.5 Å². The predicted molar refractivity (Wildman–Crippen MR) is 26.8 cm³/mol. The van der Waals surface area contributed by atoms with Gasteiger partial charge < -0.3 is 6.42 Å². The molecule has 1 atom stereocenters. The Labute approximate surface area is 71.7 Å². The number of hydrogen-bond acceptors (Lipinski definition) is 0. The molecule has 0 saturated carbocycles. The third-order valence-electron chi connectivity index (χ3n) is 0. The molecular weight excluding hydrogens is 365 g/mol. The Bertz CT molecular complexity index is 10.8. The van der Waals surface area contributed by atoms with Gasteiger partial charge in [0.2, 0.25) is 0 Å². The van der Waals surface area contributed by atoms with Crippen LogP contribution in [-0.2, 0) is 41.9 Å². The maximum atomic E-state index is 2.00. The van der Waals surface area contributed by atoms with Gasteiger partial charge in [-0.25, -0.2) is 0 Å². The fraction of sp³-hybridized carbons (Fsp3) is 0.667. The van der Waals surface area contributed by atoms with E-state index in [-0.39, 0.29) is 51.8 Å². The van der Waals surface area contributed by atoms with Crippen LogP contribution < -0.4 is 0 Å². The maximum absolute atomic E-state index is 2.00. The van der Waals surface area contributed by atoms with Crippen LogP contribution in [0.25, 0.3) is 0 Å². The monoisotopic (exact) mass is 376 g/mol. The molecule has 0 heterocycles. The smallest absolute Gasteiger partial charge is 0.335 e. The first-order valence-electron chi connectivity index (χ1n) is 1.15. The van der Waals surface area contributed by atoms with Gasteiger partial charge >= 0.3 is 22.4 Å². The van der Waals surface area contributed by atoms with Crippen LogP contribution in [0.2, 0.25) is 0 Å². The summed E-state index contributed by atoms with van der Waals surface area (Å²) < 4.78 is 0. The summed E-state index contributed by atoms with van der Waals surface area (Å²) in [6, 6.07) is 0. The quantitative estimate of drug-likeness (QED) is 0.340. The van der Waals surface area contributed by atoms with Crippen molar-refractivity contribution in [2.24, 2.45) is 0 Å². The average molecular weight is 375 g/mol. The molecule has 0 amide bonds. The van der Waals surface area contributed by atoms with Crippen molar-refractivity contribution < 1.29 is 41.9 Å². The Morgan fingerprint density at radius 1 is 1.17 bits per heavy atom. The van der Waals surface area contributed by atoms with Crippen LogP contribution in [0.4, 0.5) is 0 Å². The van der Waals surface area contributed by atoms with Crippen LogP contribution >= 0.6 is 9.90 Å². The van der Waals surface area contributed by atoms with Gasteiger partial charge in [-0.2, -0.15) is 23.7 Å². The fourth-order valence-corrected chi connectivity index (χ4v) is 0. The van der Waals surface area contributed by atoms with Crippen molar-refractivity contribution in [2.45, 2.75) is 13.8 Å². The minimum Gasteiger partial charge on any atom is -0.335 e. The standard InChI is InChI=1S/C3H7.Au.H3P.Ru/c1-3-2;;;/h3H,1-2H3;;1H3;/q-1;+1;;. The summed E-state index contributed by atoms with van der Waals surface area (Å²) >= 11 is 0. The molecule has 0 saturated heterocycles. The van der Waals surface area contributed by atoms with Crippen molar-refractivity contribution in [3.05, 3.63) is 6.42 Å². The van der Waals surface area contributed by atoms with E-state index in [1.807, 2.05) is 20.3 Å². The Kier molecular flexibility index (Phi) is 122. The van der Waals surface area contributed by atoms with Crippen molar-refractivity contribution in [2.75, 3.05) is 0 Å². The van der Waals surface area contributed by atoms with E-state index < -0.39 is 0 Å². The van der Waals surface area contributed by atoms with Crippen molar-refractivity contribution in [1.82, 2.24) is 0 Å². The minimum absolute atomic E-state index is 0. The SMILES string of the molecule is C[CH-]C.P.[Au+].[Ru]. The van der Waals surface area contributed by atoms with Gasteiger partial charge in [-0.3, -0.25) is 0 Å². The predicted octanol–water partition coefficient (Wildman–Crippen LogP) is 1.28. The summed E-state index contributed by atoms with van der Waals surface area (Å²) in [7, 11) is 0. The minimum atomic E-state index is 0. The van der Waals surface area contributed by atoms with Crippen LogP contribution in [0.15, 0.2) is 0 Å². The molecule has 0 spiro atoms. The van der Waals surface area contributed by atoms with Gasteiger partial charge in [-0.1, -0.05) is 0 Å². The number of hydrogen-bond donors (Lipinski definition) is 0. The molecule has 0 aliphatic carbocycles. The van der Waals surface area contributed by atoms with Crippen molar-refractivity contribution in [3.63, 3.8) is 0 Å². The van der Waals surface area contributed by atoms with Crippen LogP contribution in [-0.4, -0.2) is 0 Å². The maximum Gasteiger partial charge on any atom is 1.00 e. The molecule has 6 heavy (non-hydrogen) atoms. The van der Waals surface area contributed by atoms with E-state index in [1.54, 1.807) is 0 Å². The third-order valence-corrected chi connectivity index (χ3v) is 0. The van der Waals surface area contributed by atoms with E-state index in [0.717, 1.165) is 0 Å². The molecule has 1 unspecified atom stereocenters. The Hall–Kier alpha value is 1.79. The van der Waals surface area contributed by atoms with Crippen LogP contribution in [0, 0.1) is 6.42 Å². The zero-order chi connectivity index (χ0) is 2.71. The van der Waals surface area contributed by atoms with Crippen LogP contribution in [0.5, 0.6) is 0 Å². The molecule has 0 N–H and O–H groups in total. The molecule has 3 heteroatoms. The molecule has 0 aromatic carbocycles. The van der Waals surface area contributed by atoms with Gasteiger partial charge in [-0.15, -0.1) is 0 Å². The third kappa shape index (κ3) is 41.4. The first kappa shape index (κ1) is 25.0. The van der Waals surface area contributed by atoms with E-state index in [9.17, 15) is 0 Å². The van der Waals surface area contributed by atoms with Gasteiger partial charge in [-0.05, 0) is 0 Å². The molecule has 46 valence electrons. The van der Waals surface area contributed by atoms with Gasteiger partial charge in [0.05, 0.1) is 0 Å². The second-order valence-corrected chi connectivity index (χ2v) is 0.577. The first-order chi connectivity index (χ1) is 1.41. The van der Waals surface area contributed by atoms with Gasteiger partial charge in [0.1, 0.15) is 0 Å². The molecule has 0 rings (SSSR count). The average Bonchev–Trinajstić information content (AvgIpc) is 0.918. The second kappa shape index (κ2) is 29.2. The zero-order valence-electron chi connectivity index (χ0n) is 3.94. The molecule has 0 aliphatic rings. The molecule has 0 nitrogen and oxygen atoms in total. The van der Waals surface area contributed by atoms with Crippen molar-refractivity contribution in [3.8, 4) is 0 Å².